The number of amides is 1. The molecule has 30 heavy (non-hydrogen) atoms. The summed E-state index contributed by atoms with van der Waals surface area (Å²) in [5, 5.41) is 2.83. The van der Waals surface area contributed by atoms with E-state index < -0.39 is 10.0 Å². The molecule has 1 fully saturated rings. The number of nitrogens with one attached hydrogen (secondary N) is 1. The number of hydrogen-bond acceptors (Lipinski definition) is 6. The fourth-order valence-electron chi connectivity index (χ4n) is 3.62. The number of rotatable bonds is 5. The minimum atomic E-state index is -3.78. The van der Waals surface area contributed by atoms with E-state index in [9.17, 15) is 13.2 Å². The van der Waals surface area contributed by atoms with Crippen molar-refractivity contribution in [3.63, 3.8) is 0 Å². The number of benzene rings is 2. The summed E-state index contributed by atoms with van der Waals surface area (Å²) in [4.78, 5) is 12.8. The van der Waals surface area contributed by atoms with Crippen molar-refractivity contribution in [2.45, 2.75) is 11.3 Å². The Kier molecular flexibility index (Phi) is 5.94. The number of carbonyl (C=O) groups is 1. The van der Waals surface area contributed by atoms with Gasteiger partial charge in [-0.1, -0.05) is 18.2 Å². The third-order valence-electron chi connectivity index (χ3n) is 5.27. The molecule has 160 valence electrons. The van der Waals surface area contributed by atoms with Crippen molar-refractivity contribution in [3.05, 3.63) is 48.0 Å². The Labute approximate surface area is 175 Å². The summed E-state index contributed by atoms with van der Waals surface area (Å²) in [5.74, 6) is 0.449. The summed E-state index contributed by atoms with van der Waals surface area (Å²) in [6.45, 7) is 1.53. The summed E-state index contributed by atoms with van der Waals surface area (Å²) in [6, 6.07) is 12.3. The Morgan fingerprint density at radius 2 is 1.93 bits per heavy atom. The SMILES string of the molecule is COc1ccc(NC(=O)[C@H]2COc3ccccc3C2)cc1S(=O)(=O)N1CCOCC1. The molecule has 1 saturated heterocycles. The van der Waals surface area contributed by atoms with E-state index in [0.29, 0.717) is 25.3 Å². The zero-order valence-corrected chi connectivity index (χ0v) is 17.5. The number of para-hydroxylation sites is 1. The molecule has 2 aromatic rings. The molecule has 9 heteroatoms. The normalized spacial score (nSPS) is 19.4. The monoisotopic (exact) mass is 432 g/mol. The molecule has 1 N–H and O–H groups in total. The maximum Gasteiger partial charge on any atom is 0.246 e. The second kappa shape index (κ2) is 8.63. The highest BCUT2D eigenvalue weighted by atomic mass is 32.2. The summed E-state index contributed by atoms with van der Waals surface area (Å²) in [7, 11) is -2.36. The number of anilines is 1. The molecule has 0 aliphatic carbocycles. The van der Waals surface area contributed by atoms with Crippen LogP contribution in [0, 0.1) is 5.92 Å². The molecule has 2 heterocycles. The first kappa shape index (κ1) is 20.6. The maximum absolute atomic E-state index is 13.1. The predicted molar refractivity (Wildman–Crippen MR) is 110 cm³/mol. The molecule has 0 saturated carbocycles. The van der Waals surface area contributed by atoms with Crippen LogP contribution >= 0.6 is 0 Å². The molecule has 0 radical (unpaired) electrons. The van der Waals surface area contributed by atoms with Gasteiger partial charge in [0, 0.05) is 18.8 Å². The van der Waals surface area contributed by atoms with Gasteiger partial charge in [-0.2, -0.15) is 4.31 Å². The van der Waals surface area contributed by atoms with Gasteiger partial charge in [0.1, 0.15) is 23.0 Å². The van der Waals surface area contributed by atoms with Crippen LogP contribution in [0.25, 0.3) is 0 Å². The molecule has 1 amide bonds. The van der Waals surface area contributed by atoms with E-state index >= 15 is 0 Å². The van der Waals surface area contributed by atoms with E-state index in [2.05, 4.69) is 5.32 Å². The summed E-state index contributed by atoms with van der Waals surface area (Å²) in [6.07, 6.45) is 0.567. The third kappa shape index (κ3) is 4.14. The molecule has 0 bridgehead atoms. The molecule has 1 atom stereocenters. The molecular formula is C21H24N2O6S. The first-order chi connectivity index (χ1) is 14.5. The largest absolute Gasteiger partial charge is 0.495 e. The number of hydrogen-bond donors (Lipinski definition) is 1. The van der Waals surface area contributed by atoms with E-state index in [1.54, 1.807) is 12.1 Å². The summed E-state index contributed by atoms with van der Waals surface area (Å²) < 4.78 is 43.8. The molecule has 8 nitrogen and oxygen atoms in total. The van der Waals surface area contributed by atoms with Gasteiger partial charge in [-0.05, 0) is 36.2 Å². The van der Waals surface area contributed by atoms with Crippen molar-refractivity contribution >= 4 is 21.6 Å². The average Bonchev–Trinajstić information content (AvgIpc) is 2.79. The van der Waals surface area contributed by atoms with E-state index in [1.165, 1.54) is 17.5 Å². The van der Waals surface area contributed by atoms with Crippen LogP contribution < -0.4 is 14.8 Å². The zero-order chi connectivity index (χ0) is 21.1. The predicted octanol–water partition coefficient (Wildman–Crippen LogP) is 1.91. The van der Waals surface area contributed by atoms with Gasteiger partial charge in [0.15, 0.2) is 0 Å². The Morgan fingerprint density at radius 1 is 1.17 bits per heavy atom. The zero-order valence-electron chi connectivity index (χ0n) is 16.7. The van der Waals surface area contributed by atoms with Gasteiger partial charge in [0.05, 0.1) is 26.2 Å². The van der Waals surface area contributed by atoms with Gasteiger partial charge >= 0.3 is 0 Å². The van der Waals surface area contributed by atoms with Gasteiger partial charge in [0.2, 0.25) is 15.9 Å². The topological polar surface area (TPSA) is 94.2 Å². The van der Waals surface area contributed by atoms with Crippen LogP contribution in [0.5, 0.6) is 11.5 Å². The maximum atomic E-state index is 13.1. The minimum Gasteiger partial charge on any atom is -0.495 e. The van der Waals surface area contributed by atoms with Gasteiger partial charge in [-0.25, -0.2) is 8.42 Å². The molecule has 4 rings (SSSR count). The Morgan fingerprint density at radius 3 is 2.70 bits per heavy atom. The van der Waals surface area contributed by atoms with Crippen molar-refractivity contribution in [1.82, 2.24) is 4.31 Å². The van der Waals surface area contributed by atoms with Crippen LogP contribution in [0.1, 0.15) is 5.56 Å². The van der Waals surface area contributed by atoms with Crippen LogP contribution in [0.15, 0.2) is 47.4 Å². The van der Waals surface area contributed by atoms with E-state index in [4.69, 9.17) is 14.2 Å². The quantitative estimate of drug-likeness (QED) is 0.776. The fraction of sp³-hybridized carbons (Fsp3) is 0.381. The molecule has 0 aromatic heterocycles. The molecular weight excluding hydrogens is 408 g/mol. The molecule has 2 aliphatic heterocycles. The highest BCUT2D eigenvalue weighted by molar-refractivity contribution is 7.89. The molecule has 2 aliphatic rings. The number of morpholine rings is 1. The first-order valence-electron chi connectivity index (χ1n) is 9.76. The Bertz CT molecular complexity index is 1030. The Balaban J connectivity index is 1.54. The number of methoxy groups -OCH3 is 1. The lowest BCUT2D eigenvalue weighted by atomic mass is 9.96. The third-order valence-corrected chi connectivity index (χ3v) is 7.19. The first-order valence-corrected chi connectivity index (χ1v) is 11.2. The van der Waals surface area contributed by atoms with Crippen molar-refractivity contribution in [3.8, 4) is 11.5 Å². The Hall–Kier alpha value is -2.62. The van der Waals surface area contributed by atoms with E-state index in [0.717, 1.165) is 11.3 Å². The smallest absolute Gasteiger partial charge is 0.246 e. The fourth-order valence-corrected chi connectivity index (χ4v) is 5.21. The summed E-state index contributed by atoms with van der Waals surface area (Å²) in [5.41, 5.74) is 1.38. The standard InChI is InChI=1S/C21H24N2O6S/c1-27-19-7-6-17(13-20(19)30(25,26)23-8-10-28-11-9-23)22-21(24)16-12-15-4-2-3-5-18(15)29-14-16/h2-7,13,16H,8-12,14H2,1H3,(H,22,24)/t16-/m1/s1. The second-order valence-corrected chi connectivity index (χ2v) is 9.10. The molecule has 0 spiro atoms. The van der Waals surface area contributed by atoms with Gasteiger partial charge in [-0.3, -0.25) is 4.79 Å². The highest BCUT2D eigenvalue weighted by Crippen LogP contribution is 2.31. The van der Waals surface area contributed by atoms with Crippen molar-refractivity contribution in [1.29, 1.82) is 0 Å². The number of ether oxygens (including phenoxy) is 3. The second-order valence-electron chi connectivity index (χ2n) is 7.19. The lowest BCUT2D eigenvalue weighted by Gasteiger charge is -2.27. The number of fused-ring (bicyclic) bond motifs is 1. The van der Waals surface area contributed by atoms with Crippen LogP contribution in [0.2, 0.25) is 0 Å². The lowest BCUT2D eigenvalue weighted by Crippen LogP contribution is -2.40. The number of carbonyl (C=O) groups excluding carboxylic acids is 1. The van der Waals surface area contributed by atoms with Crippen molar-refractivity contribution < 1.29 is 27.4 Å². The van der Waals surface area contributed by atoms with Crippen LogP contribution in [0.4, 0.5) is 5.69 Å². The molecule has 0 unspecified atom stereocenters. The van der Waals surface area contributed by atoms with Crippen LogP contribution in [-0.2, 0) is 26.0 Å². The lowest BCUT2D eigenvalue weighted by molar-refractivity contribution is -0.121. The average molecular weight is 432 g/mol. The van der Waals surface area contributed by atoms with Crippen LogP contribution in [-0.4, -0.2) is 58.7 Å². The van der Waals surface area contributed by atoms with Gasteiger partial charge < -0.3 is 19.5 Å². The van der Waals surface area contributed by atoms with Crippen LogP contribution in [0.3, 0.4) is 0 Å². The van der Waals surface area contributed by atoms with E-state index in [1.807, 2.05) is 24.3 Å². The van der Waals surface area contributed by atoms with E-state index in [-0.39, 0.29) is 42.2 Å². The minimum absolute atomic E-state index is 0.0231. The highest BCUT2D eigenvalue weighted by Gasteiger charge is 2.30. The number of nitrogens with zero attached hydrogens (tertiary/aromatic N) is 1. The molecule has 2 aromatic carbocycles. The number of sulfonamides is 1. The van der Waals surface area contributed by atoms with Gasteiger partial charge in [-0.15, -0.1) is 0 Å². The van der Waals surface area contributed by atoms with Gasteiger partial charge in [0.25, 0.3) is 0 Å². The summed E-state index contributed by atoms with van der Waals surface area (Å²) >= 11 is 0. The van der Waals surface area contributed by atoms with Crippen molar-refractivity contribution in [2.75, 3.05) is 45.3 Å². The van der Waals surface area contributed by atoms with Crippen molar-refractivity contribution in [2.24, 2.45) is 5.92 Å².